The molecule has 1 saturated carbocycles. The van der Waals surface area contributed by atoms with Crippen LogP contribution < -0.4 is 13.8 Å². The minimum absolute atomic E-state index is 0.000407. The number of aliphatic hydroxyl groups excluding tert-OH is 1. The van der Waals surface area contributed by atoms with E-state index in [1.807, 2.05) is 0 Å². The minimum Gasteiger partial charge on any atom is -0.489 e. The summed E-state index contributed by atoms with van der Waals surface area (Å²) >= 11 is 14.0. The van der Waals surface area contributed by atoms with Crippen LogP contribution in [-0.4, -0.2) is 66.3 Å². The van der Waals surface area contributed by atoms with E-state index in [0.29, 0.717) is 16.1 Å². The largest absolute Gasteiger partial charge is 0.489 e. The van der Waals surface area contributed by atoms with Crippen molar-refractivity contribution in [2.45, 2.75) is 44.8 Å². The number of carbonyl (C=O) groups is 2. The Morgan fingerprint density at radius 1 is 1.14 bits per heavy atom. The second-order valence-electron chi connectivity index (χ2n) is 11.9. The number of alkyl halides is 2. The Morgan fingerprint density at radius 2 is 1.88 bits per heavy atom. The zero-order chi connectivity index (χ0) is 36.4. The number of nitrogens with zero attached hydrogens (tertiary/aromatic N) is 4. The number of anilines is 1. The molecule has 2 aliphatic rings. The topological polar surface area (TPSA) is 148 Å². The van der Waals surface area contributed by atoms with Gasteiger partial charge in [-0.25, -0.2) is 13.4 Å². The van der Waals surface area contributed by atoms with E-state index in [2.05, 4.69) is 14.7 Å². The summed E-state index contributed by atoms with van der Waals surface area (Å²) in [4.78, 5) is 36.1. The Bertz CT molecular complexity index is 2020. The molecule has 51 heavy (non-hydrogen) atoms. The SMILES string of the molecule is CS(=O)(=O)N(Cc1nccs1)c1ccc2c(c1)C(=O)N(CC(=O)O[C@@H](Cc1c(Cl)cncc1Cl)c1ccc(OC(F)F)c(OCC3CC3)c1)C2O. The van der Waals surface area contributed by atoms with Crippen molar-refractivity contribution in [1.82, 2.24) is 14.9 Å². The van der Waals surface area contributed by atoms with E-state index in [-0.39, 0.29) is 63.8 Å². The van der Waals surface area contributed by atoms with Gasteiger partial charge < -0.3 is 19.3 Å². The monoisotopic (exact) mass is 782 g/mol. The van der Waals surface area contributed by atoms with Crippen LogP contribution in [0.5, 0.6) is 11.5 Å². The fraction of sp³-hybridized carbons (Fsp3) is 0.333. The van der Waals surface area contributed by atoms with Gasteiger partial charge in [-0.3, -0.25) is 23.8 Å². The molecule has 0 saturated heterocycles. The van der Waals surface area contributed by atoms with Gasteiger partial charge in [-0.05, 0) is 54.2 Å². The van der Waals surface area contributed by atoms with Crippen molar-refractivity contribution in [3.63, 3.8) is 0 Å². The summed E-state index contributed by atoms with van der Waals surface area (Å²) < 4.78 is 69.2. The van der Waals surface area contributed by atoms with Crippen molar-refractivity contribution in [2.24, 2.45) is 5.92 Å². The first-order valence-corrected chi connectivity index (χ1v) is 18.9. The highest BCUT2D eigenvalue weighted by Gasteiger charge is 2.38. The summed E-state index contributed by atoms with van der Waals surface area (Å²) in [6.45, 7) is -3.61. The first-order valence-electron chi connectivity index (χ1n) is 15.5. The summed E-state index contributed by atoms with van der Waals surface area (Å²) in [5, 5.41) is 13.7. The van der Waals surface area contributed by atoms with E-state index in [0.717, 1.165) is 28.3 Å². The molecule has 1 N–H and O–H groups in total. The number of hydrogen-bond donors (Lipinski definition) is 1. The number of aliphatic hydroxyl groups is 1. The molecule has 0 bridgehead atoms. The van der Waals surface area contributed by atoms with Crippen LogP contribution in [0.3, 0.4) is 0 Å². The third kappa shape index (κ3) is 8.69. The maximum absolute atomic E-state index is 13.6. The molecule has 1 unspecified atom stereocenters. The third-order valence-electron chi connectivity index (χ3n) is 8.19. The van der Waals surface area contributed by atoms with E-state index >= 15 is 0 Å². The fourth-order valence-corrected chi connectivity index (χ4v) is 7.52. The predicted molar refractivity (Wildman–Crippen MR) is 184 cm³/mol. The number of thiazole rings is 1. The molecule has 1 fully saturated rings. The number of fused-ring (bicyclic) bond motifs is 1. The van der Waals surface area contributed by atoms with Gasteiger partial charge in [0.15, 0.2) is 17.7 Å². The lowest BCUT2D eigenvalue weighted by Gasteiger charge is -2.24. The first kappa shape index (κ1) is 36.7. The number of hydrogen-bond acceptors (Lipinski definition) is 11. The van der Waals surface area contributed by atoms with Crippen molar-refractivity contribution in [2.75, 3.05) is 23.7 Å². The maximum Gasteiger partial charge on any atom is 0.387 e. The van der Waals surface area contributed by atoms with Crippen molar-refractivity contribution < 1.29 is 46.1 Å². The number of carbonyl (C=O) groups excluding carboxylic acids is 2. The fourth-order valence-electron chi connectivity index (χ4n) is 5.46. The van der Waals surface area contributed by atoms with Gasteiger partial charge in [0.05, 0.1) is 35.1 Å². The van der Waals surface area contributed by atoms with Crippen LogP contribution in [0.2, 0.25) is 10.0 Å². The highest BCUT2D eigenvalue weighted by Crippen LogP contribution is 2.39. The van der Waals surface area contributed by atoms with Crippen LogP contribution in [0.1, 0.15) is 57.2 Å². The summed E-state index contributed by atoms with van der Waals surface area (Å²) in [7, 11) is -3.80. The molecule has 270 valence electrons. The molecule has 1 aliphatic heterocycles. The molecule has 1 aliphatic carbocycles. The Morgan fingerprint density at radius 3 is 2.53 bits per heavy atom. The van der Waals surface area contributed by atoms with Crippen LogP contribution in [0.25, 0.3) is 0 Å². The number of pyridine rings is 1. The van der Waals surface area contributed by atoms with Gasteiger partial charge in [0.1, 0.15) is 17.7 Å². The normalized spacial score (nSPS) is 16.3. The van der Waals surface area contributed by atoms with Gasteiger partial charge in [0, 0.05) is 41.5 Å². The number of ether oxygens (including phenoxy) is 3. The maximum atomic E-state index is 13.6. The smallest absolute Gasteiger partial charge is 0.387 e. The Labute approximate surface area is 305 Å². The highest BCUT2D eigenvalue weighted by atomic mass is 35.5. The van der Waals surface area contributed by atoms with E-state index in [9.17, 15) is 31.9 Å². The molecule has 0 radical (unpaired) electrons. The first-order chi connectivity index (χ1) is 24.3. The molecule has 1 amide bonds. The lowest BCUT2D eigenvalue weighted by molar-refractivity contribution is -0.152. The lowest BCUT2D eigenvalue weighted by Crippen LogP contribution is -2.35. The number of esters is 1. The zero-order valence-electron chi connectivity index (χ0n) is 26.7. The van der Waals surface area contributed by atoms with Gasteiger partial charge in [-0.2, -0.15) is 8.78 Å². The van der Waals surface area contributed by atoms with Crippen LogP contribution >= 0.6 is 34.5 Å². The molecule has 4 aromatic rings. The Kier molecular flexibility index (Phi) is 11.0. The standard InChI is InChI=1S/C33H30Cl2F2N4O8S2/c1-51(45,46)41(15-29-39-8-9-50-29)20-5-6-21-22(11-20)32(44)40(31(21)43)16-30(42)48-27(12-23-24(34)13-38-14-25(23)35)19-4-7-26(49-33(36)37)28(10-19)47-17-18-2-3-18/h4-11,13-14,18,27,31,33,43H,2-3,12,15-17H2,1H3/t27-,31?/m0/s1. The molecular formula is C33H30Cl2F2N4O8S2. The average molecular weight is 784 g/mol. The second-order valence-corrected chi connectivity index (χ2v) is 15.6. The third-order valence-corrected chi connectivity index (χ3v) is 10.8. The molecule has 3 heterocycles. The summed E-state index contributed by atoms with van der Waals surface area (Å²) in [6, 6.07) is 8.33. The van der Waals surface area contributed by atoms with Gasteiger partial charge >= 0.3 is 12.6 Å². The molecule has 18 heteroatoms. The van der Waals surface area contributed by atoms with E-state index in [1.165, 1.54) is 60.1 Å². The highest BCUT2D eigenvalue weighted by molar-refractivity contribution is 7.92. The van der Waals surface area contributed by atoms with Gasteiger partial charge in [-0.15, -0.1) is 11.3 Å². The average Bonchev–Trinajstić information content (AvgIpc) is 3.70. The van der Waals surface area contributed by atoms with Crippen LogP contribution in [0.15, 0.2) is 60.4 Å². The van der Waals surface area contributed by atoms with Crippen LogP contribution in [0, 0.1) is 5.92 Å². The van der Waals surface area contributed by atoms with E-state index in [4.69, 9.17) is 32.7 Å². The van der Waals surface area contributed by atoms with Crippen molar-refractivity contribution in [3.8, 4) is 11.5 Å². The lowest BCUT2D eigenvalue weighted by atomic mass is 10.0. The van der Waals surface area contributed by atoms with Gasteiger partial charge in [0.25, 0.3) is 5.91 Å². The van der Waals surface area contributed by atoms with Gasteiger partial charge in [0.2, 0.25) is 10.0 Å². The number of aromatic nitrogens is 2. The molecule has 2 atom stereocenters. The Balaban J connectivity index is 1.25. The summed E-state index contributed by atoms with van der Waals surface area (Å²) in [5.74, 6) is -1.57. The van der Waals surface area contributed by atoms with Crippen molar-refractivity contribution >= 4 is 62.1 Å². The van der Waals surface area contributed by atoms with Crippen LogP contribution in [0.4, 0.5) is 14.5 Å². The number of halogens is 4. The number of benzene rings is 2. The summed E-state index contributed by atoms with van der Waals surface area (Å²) in [5.41, 5.74) is 1.03. The van der Waals surface area contributed by atoms with Gasteiger partial charge in [-0.1, -0.05) is 35.3 Å². The van der Waals surface area contributed by atoms with Crippen molar-refractivity contribution in [3.05, 3.63) is 97.7 Å². The Hall–Kier alpha value is -4.09. The molecular weight excluding hydrogens is 753 g/mol. The number of rotatable bonds is 15. The predicted octanol–water partition coefficient (Wildman–Crippen LogP) is 6.18. The quantitative estimate of drug-likeness (QED) is 0.139. The van der Waals surface area contributed by atoms with Crippen LogP contribution in [-0.2, 0) is 32.5 Å². The zero-order valence-corrected chi connectivity index (χ0v) is 29.9. The van der Waals surface area contributed by atoms with E-state index in [1.54, 1.807) is 11.6 Å². The molecule has 6 rings (SSSR count). The molecule has 2 aromatic heterocycles. The molecule has 0 spiro atoms. The molecule has 12 nitrogen and oxygen atoms in total. The molecule has 2 aromatic carbocycles. The minimum atomic E-state index is -3.80. The van der Waals surface area contributed by atoms with E-state index < -0.39 is 47.4 Å². The van der Waals surface area contributed by atoms with Crippen molar-refractivity contribution in [1.29, 1.82) is 0 Å². The second kappa shape index (κ2) is 15.3. The summed E-state index contributed by atoms with van der Waals surface area (Å²) in [6.07, 6.45) is 4.42. The number of amides is 1. The number of sulfonamides is 1.